The minimum atomic E-state index is -0.664. The molecule has 0 unspecified atom stereocenters. The summed E-state index contributed by atoms with van der Waals surface area (Å²) < 4.78 is 6.39. The van der Waals surface area contributed by atoms with Gasteiger partial charge in [-0.3, -0.25) is 14.7 Å². The Morgan fingerprint density at radius 1 is 1.35 bits per heavy atom. The molecule has 0 atom stereocenters. The molecule has 2 aliphatic rings. The molecule has 168 valence electrons. The third-order valence-corrected chi connectivity index (χ3v) is 7.72. The first kappa shape index (κ1) is 22.4. The van der Waals surface area contributed by atoms with Crippen LogP contribution < -0.4 is 5.32 Å². The van der Waals surface area contributed by atoms with Crippen molar-refractivity contribution in [2.75, 3.05) is 26.3 Å². The lowest BCUT2D eigenvalue weighted by Crippen LogP contribution is -2.46. The van der Waals surface area contributed by atoms with Crippen LogP contribution in [0.15, 0.2) is 24.4 Å². The van der Waals surface area contributed by atoms with Crippen molar-refractivity contribution in [3.63, 3.8) is 0 Å². The van der Waals surface area contributed by atoms with Crippen LogP contribution in [0.2, 0.25) is 0 Å². The summed E-state index contributed by atoms with van der Waals surface area (Å²) in [5.41, 5.74) is 2.15. The van der Waals surface area contributed by atoms with Crippen LogP contribution in [0.3, 0.4) is 0 Å². The zero-order chi connectivity index (χ0) is 22.1. The number of aliphatic hydroxyl groups is 1. The summed E-state index contributed by atoms with van der Waals surface area (Å²) >= 11 is 1.97. The predicted octanol–water partition coefficient (Wildman–Crippen LogP) is 3.27. The molecule has 1 saturated heterocycles. The third kappa shape index (κ3) is 4.85. The Balaban J connectivity index is 1.36. The first-order valence-corrected chi connectivity index (χ1v) is 12.0. The molecule has 1 fully saturated rings. The molecule has 4 heterocycles. The van der Waals surface area contributed by atoms with E-state index in [1.54, 1.807) is 26.1 Å². The van der Waals surface area contributed by atoms with E-state index < -0.39 is 5.54 Å². The number of nitrogens with zero attached hydrogens (tertiary/aromatic N) is 2. The molecule has 2 aromatic rings. The van der Waals surface area contributed by atoms with Gasteiger partial charge in [0.15, 0.2) is 0 Å². The Bertz CT molecular complexity index is 915. The quantitative estimate of drug-likeness (QED) is 0.717. The number of likely N-dealkylation sites (tertiary alicyclic amines) is 1. The lowest BCUT2D eigenvalue weighted by atomic mass is 9.82. The summed E-state index contributed by atoms with van der Waals surface area (Å²) in [6.07, 6.45) is 5.96. The van der Waals surface area contributed by atoms with E-state index in [0.29, 0.717) is 5.69 Å². The lowest BCUT2D eigenvalue weighted by Gasteiger charge is -2.44. The van der Waals surface area contributed by atoms with Gasteiger partial charge in [0.05, 0.1) is 24.4 Å². The molecule has 0 saturated carbocycles. The smallest absolute Gasteiger partial charge is 0.270 e. The zero-order valence-electron chi connectivity index (χ0n) is 18.7. The maximum atomic E-state index is 12.3. The minimum absolute atomic E-state index is 0.103. The number of aromatic nitrogens is 1. The van der Waals surface area contributed by atoms with E-state index in [9.17, 15) is 9.90 Å². The highest BCUT2D eigenvalue weighted by Gasteiger charge is 2.41. The van der Waals surface area contributed by atoms with Gasteiger partial charge in [-0.15, -0.1) is 11.3 Å². The van der Waals surface area contributed by atoms with E-state index in [1.165, 1.54) is 15.3 Å². The number of hydrogen-bond donors (Lipinski definition) is 2. The van der Waals surface area contributed by atoms with E-state index in [2.05, 4.69) is 28.2 Å². The molecule has 0 bridgehead atoms. The number of rotatable bonds is 6. The van der Waals surface area contributed by atoms with Crippen molar-refractivity contribution in [1.29, 1.82) is 0 Å². The van der Waals surface area contributed by atoms with E-state index in [0.717, 1.165) is 57.5 Å². The van der Waals surface area contributed by atoms with Gasteiger partial charge >= 0.3 is 0 Å². The molecule has 6 nitrogen and oxygen atoms in total. The van der Waals surface area contributed by atoms with E-state index >= 15 is 0 Å². The predicted molar refractivity (Wildman–Crippen MR) is 122 cm³/mol. The van der Waals surface area contributed by atoms with Gasteiger partial charge in [-0.2, -0.15) is 0 Å². The SMILES string of the molecule is CCc1cc2c(s1)CCOC21CCN(Cc2ccc(C(=O)NC(C)(C)CO)nc2)CC1. The van der Waals surface area contributed by atoms with Crippen molar-refractivity contribution in [2.24, 2.45) is 0 Å². The molecule has 1 amide bonds. The topological polar surface area (TPSA) is 74.7 Å². The molecule has 0 radical (unpaired) electrons. The third-order valence-electron chi connectivity index (χ3n) is 6.38. The van der Waals surface area contributed by atoms with Gasteiger partial charge in [0.1, 0.15) is 5.69 Å². The van der Waals surface area contributed by atoms with E-state index in [-0.39, 0.29) is 18.1 Å². The number of piperidine rings is 1. The van der Waals surface area contributed by atoms with Crippen molar-refractivity contribution < 1.29 is 14.6 Å². The molecule has 0 aliphatic carbocycles. The number of pyridine rings is 1. The summed E-state index contributed by atoms with van der Waals surface area (Å²) in [4.78, 5) is 22.1. The van der Waals surface area contributed by atoms with Gasteiger partial charge in [0.2, 0.25) is 0 Å². The number of carbonyl (C=O) groups is 1. The van der Waals surface area contributed by atoms with Crippen molar-refractivity contribution in [3.05, 3.63) is 51.0 Å². The normalized spacial score (nSPS) is 18.7. The highest BCUT2D eigenvalue weighted by molar-refractivity contribution is 7.12. The monoisotopic (exact) mass is 443 g/mol. The molecule has 1 spiro atoms. The van der Waals surface area contributed by atoms with Gasteiger partial charge in [-0.25, -0.2) is 0 Å². The first-order valence-electron chi connectivity index (χ1n) is 11.2. The molecular weight excluding hydrogens is 410 g/mol. The highest BCUT2D eigenvalue weighted by atomic mass is 32.1. The van der Waals surface area contributed by atoms with E-state index in [4.69, 9.17) is 4.74 Å². The fraction of sp³-hybridized carbons (Fsp3) is 0.583. The van der Waals surface area contributed by atoms with Crippen LogP contribution in [0, 0.1) is 0 Å². The van der Waals surface area contributed by atoms with Gasteiger partial charge < -0.3 is 15.2 Å². The minimum Gasteiger partial charge on any atom is -0.394 e. The number of thiophene rings is 1. The maximum Gasteiger partial charge on any atom is 0.270 e. The van der Waals surface area contributed by atoms with Crippen molar-refractivity contribution in [3.8, 4) is 0 Å². The van der Waals surface area contributed by atoms with Crippen LogP contribution in [-0.2, 0) is 29.7 Å². The number of carbonyl (C=O) groups excluding carboxylic acids is 1. The Hall–Kier alpha value is -1.80. The summed E-state index contributed by atoms with van der Waals surface area (Å²) in [7, 11) is 0. The number of aliphatic hydroxyl groups excluding tert-OH is 1. The van der Waals surface area contributed by atoms with Crippen molar-refractivity contribution >= 4 is 17.2 Å². The second-order valence-electron chi connectivity index (χ2n) is 9.32. The fourth-order valence-electron chi connectivity index (χ4n) is 4.45. The molecule has 2 aromatic heterocycles. The number of hydrogen-bond acceptors (Lipinski definition) is 6. The summed E-state index contributed by atoms with van der Waals surface area (Å²) in [6, 6.07) is 6.12. The second kappa shape index (κ2) is 8.98. The van der Waals surface area contributed by atoms with Crippen LogP contribution >= 0.6 is 11.3 Å². The van der Waals surface area contributed by atoms with Gasteiger partial charge in [0.25, 0.3) is 5.91 Å². The second-order valence-corrected chi connectivity index (χ2v) is 10.5. The number of ether oxygens (including phenoxy) is 1. The fourth-order valence-corrected chi connectivity index (χ4v) is 5.63. The molecule has 2 aliphatic heterocycles. The Morgan fingerprint density at radius 2 is 2.13 bits per heavy atom. The van der Waals surface area contributed by atoms with Crippen molar-refractivity contribution in [2.45, 2.75) is 64.1 Å². The van der Waals surface area contributed by atoms with Crippen LogP contribution in [0.5, 0.6) is 0 Å². The van der Waals surface area contributed by atoms with Crippen molar-refractivity contribution in [1.82, 2.24) is 15.2 Å². The lowest BCUT2D eigenvalue weighted by molar-refractivity contribution is -0.0981. The summed E-state index contributed by atoms with van der Waals surface area (Å²) in [5.74, 6) is -0.266. The summed E-state index contributed by atoms with van der Waals surface area (Å²) in [5, 5.41) is 12.1. The number of fused-ring (bicyclic) bond motifs is 2. The standard InChI is InChI=1S/C24H33N3O3S/c1-4-18-13-19-21(31-18)7-12-30-24(19)8-10-27(11-9-24)15-17-5-6-20(25-14-17)22(29)26-23(2,3)16-28/h5-6,13-14,28H,4,7-12,15-16H2,1-3H3,(H,26,29). The molecule has 4 rings (SSSR count). The van der Waals surface area contributed by atoms with Gasteiger partial charge in [-0.05, 0) is 56.4 Å². The zero-order valence-corrected chi connectivity index (χ0v) is 19.6. The highest BCUT2D eigenvalue weighted by Crippen LogP contribution is 2.44. The van der Waals surface area contributed by atoms with Crippen LogP contribution in [-0.4, -0.2) is 52.7 Å². The summed E-state index contributed by atoms with van der Waals surface area (Å²) in [6.45, 7) is 9.29. The number of amides is 1. The van der Waals surface area contributed by atoms with Crippen LogP contribution in [0.4, 0.5) is 0 Å². The first-order chi connectivity index (χ1) is 14.8. The average molecular weight is 444 g/mol. The molecule has 31 heavy (non-hydrogen) atoms. The van der Waals surface area contributed by atoms with Gasteiger partial charge in [-0.1, -0.05) is 13.0 Å². The molecule has 7 heteroatoms. The largest absolute Gasteiger partial charge is 0.394 e. The molecule has 0 aromatic carbocycles. The van der Waals surface area contributed by atoms with Gasteiger partial charge in [0, 0.05) is 42.0 Å². The number of nitrogens with one attached hydrogen (secondary N) is 1. The molecular formula is C24H33N3O3S. The average Bonchev–Trinajstić information content (AvgIpc) is 3.21. The number of aryl methyl sites for hydroxylation is 1. The van der Waals surface area contributed by atoms with Crippen LogP contribution in [0.25, 0.3) is 0 Å². The van der Waals surface area contributed by atoms with E-state index in [1.807, 2.05) is 17.4 Å². The Kier molecular flexibility index (Phi) is 6.49. The maximum absolute atomic E-state index is 12.3. The molecule has 2 N–H and O–H groups in total. The Labute approximate surface area is 188 Å². The van der Waals surface area contributed by atoms with Crippen LogP contribution in [0.1, 0.15) is 65.0 Å². The Morgan fingerprint density at radius 3 is 2.77 bits per heavy atom.